The number of aryl methyl sites for hydroxylation is 1. The highest BCUT2D eigenvalue weighted by atomic mass is 32.1. The van der Waals surface area contributed by atoms with Crippen LogP contribution in [-0.2, 0) is 0 Å². The Hall–Kier alpha value is -1.22. The van der Waals surface area contributed by atoms with Gasteiger partial charge >= 0.3 is 0 Å². The first-order valence-corrected chi connectivity index (χ1v) is 4.80. The number of fused-ring (bicyclic) bond motifs is 1. The Bertz CT molecular complexity index is 445. The van der Waals surface area contributed by atoms with E-state index in [0.29, 0.717) is 5.75 Å². The number of aromatic hydroxyl groups is 1. The number of thiophene rings is 1. The van der Waals surface area contributed by atoms with Gasteiger partial charge in [0.05, 0.1) is 7.11 Å². The quantitative estimate of drug-likeness (QED) is 0.756. The molecule has 13 heavy (non-hydrogen) atoms. The number of rotatable bonds is 1. The van der Waals surface area contributed by atoms with Crippen LogP contribution < -0.4 is 4.74 Å². The summed E-state index contributed by atoms with van der Waals surface area (Å²) in [6.45, 7) is 2.01. The molecule has 1 N–H and O–H groups in total. The summed E-state index contributed by atoms with van der Waals surface area (Å²) in [5.41, 5.74) is 1.13. The SMILES string of the molecule is COc1c(O)sc2cccc(C)c12. The van der Waals surface area contributed by atoms with E-state index in [1.165, 1.54) is 11.3 Å². The van der Waals surface area contributed by atoms with Crippen LogP contribution in [-0.4, -0.2) is 12.2 Å². The zero-order valence-electron chi connectivity index (χ0n) is 7.50. The number of ether oxygens (including phenoxy) is 1. The third-order valence-corrected chi connectivity index (χ3v) is 3.01. The van der Waals surface area contributed by atoms with Gasteiger partial charge in [-0.25, -0.2) is 0 Å². The van der Waals surface area contributed by atoms with Crippen LogP contribution in [0.2, 0.25) is 0 Å². The minimum Gasteiger partial charge on any atom is -0.497 e. The molecule has 0 fully saturated rings. The molecule has 2 aromatic rings. The van der Waals surface area contributed by atoms with Crippen molar-refractivity contribution in [1.82, 2.24) is 0 Å². The molecule has 0 bridgehead atoms. The monoisotopic (exact) mass is 194 g/mol. The maximum atomic E-state index is 9.55. The van der Waals surface area contributed by atoms with Crippen LogP contribution in [0, 0.1) is 6.92 Å². The Morgan fingerprint density at radius 1 is 1.38 bits per heavy atom. The standard InChI is InChI=1S/C10H10O2S/c1-6-4-3-5-7-8(6)9(12-2)10(11)13-7/h3-5,11H,1-2H3. The van der Waals surface area contributed by atoms with Gasteiger partial charge in [0, 0.05) is 10.1 Å². The first-order chi connectivity index (χ1) is 6.24. The number of benzene rings is 1. The zero-order valence-corrected chi connectivity index (χ0v) is 8.31. The first kappa shape index (κ1) is 8.38. The summed E-state index contributed by atoms with van der Waals surface area (Å²) < 4.78 is 6.20. The summed E-state index contributed by atoms with van der Waals surface area (Å²) in [5, 5.41) is 10.8. The smallest absolute Gasteiger partial charge is 0.215 e. The molecule has 3 heteroatoms. The Balaban J connectivity index is 2.88. The lowest BCUT2D eigenvalue weighted by Crippen LogP contribution is -1.82. The van der Waals surface area contributed by atoms with Crippen molar-refractivity contribution in [1.29, 1.82) is 0 Å². The minimum absolute atomic E-state index is 0.256. The van der Waals surface area contributed by atoms with Crippen LogP contribution in [0.25, 0.3) is 10.1 Å². The summed E-state index contributed by atoms with van der Waals surface area (Å²) in [6.07, 6.45) is 0. The van der Waals surface area contributed by atoms with E-state index in [2.05, 4.69) is 0 Å². The van der Waals surface area contributed by atoms with Gasteiger partial charge in [0.15, 0.2) is 5.75 Å². The predicted octanol–water partition coefficient (Wildman–Crippen LogP) is 2.92. The van der Waals surface area contributed by atoms with Gasteiger partial charge in [-0.3, -0.25) is 0 Å². The number of hydrogen-bond acceptors (Lipinski definition) is 3. The lowest BCUT2D eigenvalue weighted by Gasteiger charge is -1.99. The van der Waals surface area contributed by atoms with Crippen LogP contribution in [0.1, 0.15) is 5.56 Å². The van der Waals surface area contributed by atoms with Gasteiger partial charge in [0.2, 0.25) is 5.06 Å². The molecule has 1 heterocycles. The predicted molar refractivity (Wildman–Crippen MR) is 54.8 cm³/mol. The Labute approximate surface area is 80.4 Å². The number of hydrogen-bond donors (Lipinski definition) is 1. The number of methoxy groups -OCH3 is 1. The van der Waals surface area contributed by atoms with E-state index in [4.69, 9.17) is 4.74 Å². The summed E-state index contributed by atoms with van der Waals surface area (Å²) in [7, 11) is 1.58. The minimum atomic E-state index is 0.256. The Morgan fingerprint density at radius 2 is 2.15 bits per heavy atom. The van der Waals surface area contributed by atoms with Crippen molar-refractivity contribution in [3.05, 3.63) is 23.8 Å². The average Bonchev–Trinajstić information content (AvgIpc) is 2.42. The van der Waals surface area contributed by atoms with Gasteiger partial charge in [-0.05, 0) is 18.6 Å². The van der Waals surface area contributed by atoms with Crippen molar-refractivity contribution in [2.75, 3.05) is 7.11 Å². The highest BCUT2D eigenvalue weighted by molar-refractivity contribution is 7.21. The van der Waals surface area contributed by atoms with Gasteiger partial charge in [-0.2, -0.15) is 0 Å². The maximum absolute atomic E-state index is 9.55. The summed E-state index contributed by atoms with van der Waals surface area (Å²) in [5.74, 6) is 0.595. The lowest BCUT2D eigenvalue weighted by molar-refractivity contribution is 0.385. The fraction of sp³-hybridized carbons (Fsp3) is 0.200. The normalized spacial score (nSPS) is 10.6. The van der Waals surface area contributed by atoms with Crippen LogP contribution in [0.4, 0.5) is 0 Å². The van der Waals surface area contributed by atoms with Gasteiger partial charge in [-0.1, -0.05) is 23.5 Å². The second-order valence-electron chi connectivity index (χ2n) is 2.89. The molecular weight excluding hydrogens is 184 g/mol. The highest BCUT2D eigenvalue weighted by Gasteiger charge is 2.12. The zero-order chi connectivity index (χ0) is 9.42. The van der Waals surface area contributed by atoms with E-state index in [9.17, 15) is 5.11 Å². The van der Waals surface area contributed by atoms with E-state index in [-0.39, 0.29) is 5.06 Å². The second-order valence-corrected chi connectivity index (χ2v) is 3.92. The third kappa shape index (κ3) is 1.16. The van der Waals surface area contributed by atoms with Crippen LogP contribution in [0.15, 0.2) is 18.2 Å². The van der Waals surface area contributed by atoms with Crippen LogP contribution in [0.3, 0.4) is 0 Å². The average molecular weight is 194 g/mol. The molecule has 0 amide bonds. The topological polar surface area (TPSA) is 29.5 Å². The van der Waals surface area contributed by atoms with Crippen LogP contribution >= 0.6 is 11.3 Å². The molecular formula is C10H10O2S. The summed E-state index contributed by atoms with van der Waals surface area (Å²) >= 11 is 1.35. The molecule has 0 saturated heterocycles. The van der Waals surface area contributed by atoms with Crippen molar-refractivity contribution in [2.45, 2.75) is 6.92 Å². The second kappa shape index (κ2) is 2.92. The molecule has 0 aliphatic rings. The fourth-order valence-electron chi connectivity index (χ4n) is 1.46. The molecule has 1 aromatic carbocycles. The molecule has 2 nitrogen and oxygen atoms in total. The van der Waals surface area contributed by atoms with E-state index in [1.54, 1.807) is 7.11 Å². The van der Waals surface area contributed by atoms with E-state index < -0.39 is 0 Å². The molecule has 68 valence electrons. The molecule has 1 aromatic heterocycles. The van der Waals surface area contributed by atoms with E-state index >= 15 is 0 Å². The van der Waals surface area contributed by atoms with Gasteiger partial charge in [-0.15, -0.1) is 0 Å². The summed E-state index contributed by atoms with van der Waals surface area (Å²) in [6, 6.07) is 5.97. The molecule has 0 saturated carbocycles. The van der Waals surface area contributed by atoms with E-state index in [0.717, 1.165) is 15.6 Å². The van der Waals surface area contributed by atoms with E-state index in [1.807, 2.05) is 25.1 Å². The largest absolute Gasteiger partial charge is 0.497 e. The lowest BCUT2D eigenvalue weighted by atomic mass is 10.1. The fourth-order valence-corrected chi connectivity index (χ4v) is 2.45. The third-order valence-electron chi connectivity index (χ3n) is 2.07. The van der Waals surface area contributed by atoms with Gasteiger partial charge in [0.25, 0.3) is 0 Å². The molecule has 2 rings (SSSR count). The molecule has 0 aliphatic carbocycles. The molecule has 0 unspecified atom stereocenters. The van der Waals surface area contributed by atoms with Crippen molar-refractivity contribution in [3.63, 3.8) is 0 Å². The van der Waals surface area contributed by atoms with Crippen molar-refractivity contribution < 1.29 is 9.84 Å². The van der Waals surface area contributed by atoms with Crippen molar-refractivity contribution >= 4 is 21.4 Å². The van der Waals surface area contributed by atoms with Gasteiger partial charge in [0.1, 0.15) is 0 Å². The van der Waals surface area contributed by atoms with Crippen LogP contribution in [0.5, 0.6) is 10.8 Å². The first-order valence-electron chi connectivity index (χ1n) is 3.99. The summed E-state index contributed by atoms with van der Waals surface area (Å²) in [4.78, 5) is 0. The molecule has 0 aliphatic heterocycles. The maximum Gasteiger partial charge on any atom is 0.215 e. The van der Waals surface area contributed by atoms with Crippen molar-refractivity contribution in [3.8, 4) is 10.8 Å². The highest BCUT2D eigenvalue weighted by Crippen LogP contribution is 2.44. The Kier molecular flexibility index (Phi) is 1.88. The molecule has 0 spiro atoms. The van der Waals surface area contributed by atoms with Gasteiger partial charge < -0.3 is 9.84 Å². The Morgan fingerprint density at radius 3 is 2.85 bits per heavy atom. The molecule has 0 atom stereocenters. The van der Waals surface area contributed by atoms with Crippen molar-refractivity contribution in [2.24, 2.45) is 0 Å². The molecule has 0 radical (unpaired) electrons.